The predicted molar refractivity (Wildman–Crippen MR) is 77.8 cm³/mol. The molecule has 0 aliphatic rings. The molecule has 0 spiro atoms. The van der Waals surface area contributed by atoms with Gasteiger partial charge in [0.15, 0.2) is 0 Å². The van der Waals surface area contributed by atoms with E-state index in [-0.39, 0.29) is 0 Å². The summed E-state index contributed by atoms with van der Waals surface area (Å²) in [4.78, 5) is 8.50. The van der Waals surface area contributed by atoms with Gasteiger partial charge in [0.05, 0.1) is 19.9 Å². The summed E-state index contributed by atoms with van der Waals surface area (Å²) in [5.74, 6) is 1.95. The molecule has 1 N–H and O–H groups in total. The van der Waals surface area contributed by atoms with Crippen molar-refractivity contribution in [3.05, 3.63) is 28.9 Å². The molecule has 1 aromatic heterocycles. The van der Waals surface area contributed by atoms with Crippen LogP contribution in [-0.2, 0) is 0 Å². The van der Waals surface area contributed by atoms with E-state index in [0.29, 0.717) is 17.4 Å². The van der Waals surface area contributed by atoms with Gasteiger partial charge in [-0.2, -0.15) is 0 Å². The number of nitrogens with one attached hydrogen (secondary N) is 1. The van der Waals surface area contributed by atoms with Gasteiger partial charge in [0.25, 0.3) is 0 Å². The predicted octanol–water partition coefficient (Wildman–Crippen LogP) is 2.97. The van der Waals surface area contributed by atoms with Gasteiger partial charge in [0.2, 0.25) is 5.95 Å². The molecule has 2 aromatic rings. The summed E-state index contributed by atoms with van der Waals surface area (Å²) in [5, 5.41) is 2.91. The van der Waals surface area contributed by atoms with Crippen molar-refractivity contribution < 1.29 is 9.47 Å². The van der Waals surface area contributed by atoms with Crippen molar-refractivity contribution in [2.24, 2.45) is 0 Å². The Hall–Kier alpha value is -1.82. The minimum atomic E-state index is 0.562. The Morgan fingerprint density at radius 1 is 1.16 bits per heavy atom. The fourth-order valence-electron chi connectivity index (χ4n) is 1.73. The van der Waals surface area contributed by atoms with Crippen LogP contribution in [0.2, 0.25) is 0 Å². The van der Waals surface area contributed by atoms with Crippen LogP contribution in [0.3, 0.4) is 0 Å². The molecular weight excluding hydrogens is 310 g/mol. The number of aromatic nitrogens is 2. The number of anilines is 1. The standard InChI is InChI=1S/C13H14BrN3O2/c1-15-13-16-7-6-9(17-13)8-4-5-10(18-2)11(14)12(8)19-3/h4-7H,1-3H3,(H,15,16,17). The van der Waals surface area contributed by atoms with Gasteiger partial charge in [-0.3, -0.25) is 0 Å². The van der Waals surface area contributed by atoms with E-state index < -0.39 is 0 Å². The van der Waals surface area contributed by atoms with E-state index in [0.717, 1.165) is 15.7 Å². The number of hydrogen-bond acceptors (Lipinski definition) is 5. The molecular formula is C13H14BrN3O2. The van der Waals surface area contributed by atoms with Crippen molar-refractivity contribution in [2.45, 2.75) is 0 Å². The lowest BCUT2D eigenvalue weighted by Gasteiger charge is -2.13. The van der Waals surface area contributed by atoms with Gasteiger partial charge in [-0.05, 0) is 34.1 Å². The highest BCUT2D eigenvalue weighted by atomic mass is 79.9. The first-order valence-corrected chi connectivity index (χ1v) is 6.42. The maximum Gasteiger partial charge on any atom is 0.222 e. The van der Waals surface area contributed by atoms with Crippen LogP contribution in [0.15, 0.2) is 28.9 Å². The molecule has 6 heteroatoms. The van der Waals surface area contributed by atoms with E-state index >= 15 is 0 Å². The van der Waals surface area contributed by atoms with E-state index in [4.69, 9.17) is 9.47 Å². The highest BCUT2D eigenvalue weighted by molar-refractivity contribution is 9.10. The van der Waals surface area contributed by atoms with Crippen LogP contribution in [0.4, 0.5) is 5.95 Å². The van der Waals surface area contributed by atoms with E-state index in [1.54, 1.807) is 27.5 Å². The molecule has 1 heterocycles. The third-order valence-electron chi connectivity index (χ3n) is 2.64. The van der Waals surface area contributed by atoms with Crippen molar-refractivity contribution in [1.29, 1.82) is 0 Å². The molecule has 0 radical (unpaired) electrons. The van der Waals surface area contributed by atoms with Crippen LogP contribution in [0.1, 0.15) is 0 Å². The Morgan fingerprint density at radius 2 is 1.95 bits per heavy atom. The molecule has 0 aliphatic carbocycles. The van der Waals surface area contributed by atoms with E-state index in [1.807, 2.05) is 18.2 Å². The highest BCUT2D eigenvalue weighted by Gasteiger charge is 2.15. The van der Waals surface area contributed by atoms with Gasteiger partial charge >= 0.3 is 0 Å². The Kier molecular flexibility index (Phi) is 4.21. The van der Waals surface area contributed by atoms with Gasteiger partial charge in [-0.15, -0.1) is 0 Å². The molecule has 0 aliphatic heterocycles. The van der Waals surface area contributed by atoms with Crippen molar-refractivity contribution in [2.75, 3.05) is 26.6 Å². The minimum Gasteiger partial charge on any atom is -0.495 e. The SMILES string of the molecule is CNc1nccc(-c2ccc(OC)c(Br)c2OC)n1. The second kappa shape index (κ2) is 5.88. The van der Waals surface area contributed by atoms with Gasteiger partial charge in [-0.25, -0.2) is 9.97 Å². The minimum absolute atomic E-state index is 0.562. The molecule has 1 aromatic carbocycles. The Bertz CT molecular complexity index is 590. The lowest BCUT2D eigenvalue weighted by atomic mass is 10.1. The van der Waals surface area contributed by atoms with Gasteiger partial charge in [0.1, 0.15) is 16.0 Å². The molecule has 0 atom stereocenters. The number of rotatable bonds is 4. The fourth-order valence-corrected chi connectivity index (χ4v) is 2.40. The second-order valence-corrected chi connectivity index (χ2v) is 4.47. The normalized spacial score (nSPS) is 10.1. The maximum absolute atomic E-state index is 5.44. The van der Waals surface area contributed by atoms with E-state index in [9.17, 15) is 0 Å². The van der Waals surface area contributed by atoms with Crippen molar-refractivity contribution in [3.8, 4) is 22.8 Å². The third kappa shape index (κ3) is 2.63. The first-order chi connectivity index (χ1) is 9.21. The number of nitrogens with zero attached hydrogens (tertiary/aromatic N) is 2. The lowest BCUT2D eigenvalue weighted by molar-refractivity contribution is 0.390. The molecule has 5 nitrogen and oxygen atoms in total. The molecule has 2 rings (SSSR count). The zero-order valence-corrected chi connectivity index (χ0v) is 12.5. The summed E-state index contributed by atoms with van der Waals surface area (Å²) in [7, 11) is 5.01. The first kappa shape index (κ1) is 13.6. The molecule has 0 bridgehead atoms. The van der Waals surface area contributed by atoms with Crippen LogP contribution in [-0.4, -0.2) is 31.2 Å². The number of ether oxygens (including phenoxy) is 2. The van der Waals surface area contributed by atoms with Crippen molar-refractivity contribution in [1.82, 2.24) is 9.97 Å². The summed E-state index contributed by atoms with van der Waals surface area (Å²) >= 11 is 3.48. The Morgan fingerprint density at radius 3 is 2.58 bits per heavy atom. The topological polar surface area (TPSA) is 56.3 Å². The largest absolute Gasteiger partial charge is 0.495 e. The average Bonchev–Trinajstić information content (AvgIpc) is 2.47. The van der Waals surface area contributed by atoms with Gasteiger partial charge in [-0.1, -0.05) is 0 Å². The first-order valence-electron chi connectivity index (χ1n) is 5.63. The maximum atomic E-state index is 5.44. The third-order valence-corrected chi connectivity index (χ3v) is 3.39. The molecule has 0 saturated carbocycles. The number of methoxy groups -OCH3 is 2. The summed E-state index contributed by atoms with van der Waals surface area (Å²) < 4.78 is 11.5. The smallest absolute Gasteiger partial charge is 0.222 e. The lowest BCUT2D eigenvalue weighted by Crippen LogP contribution is -1.98. The molecule has 0 amide bonds. The molecule has 100 valence electrons. The zero-order chi connectivity index (χ0) is 13.8. The summed E-state index contributed by atoms with van der Waals surface area (Å²) in [6.45, 7) is 0. The Balaban J connectivity index is 2.58. The highest BCUT2D eigenvalue weighted by Crippen LogP contribution is 2.41. The number of halogens is 1. The monoisotopic (exact) mass is 323 g/mol. The summed E-state index contributed by atoms with van der Waals surface area (Å²) in [6, 6.07) is 5.60. The van der Waals surface area contributed by atoms with Crippen LogP contribution >= 0.6 is 15.9 Å². The molecule has 19 heavy (non-hydrogen) atoms. The van der Waals surface area contributed by atoms with E-state index in [2.05, 4.69) is 31.2 Å². The number of hydrogen-bond donors (Lipinski definition) is 1. The fraction of sp³-hybridized carbons (Fsp3) is 0.231. The molecule has 0 fully saturated rings. The van der Waals surface area contributed by atoms with Crippen LogP contribution in [0, 0.1) is 0 Å². The Labute approximate surface area is 120 Å². The number of benzene rings is 1. The van der Waals surface area contributed by atoms with Crippen molar-refractivity contribution in [3.63, 3.8) is 0 Å². The summed E-state index contributed by atoms with van der Waals surface area (Å²) in [5.41, 5.74) is 1.65. The van der Waals surface area contributed by atoms with Crippen molar-refractivity contribution >= 4 is 21.9 Å². The van der Waals surface area contributed by atoms with E-state index in [1.165, 1.54) is 0 Å². The average molecular weight is 324 g/mol. The zero-order valence-electron chi connectivity index (χ0n) is 10.9. The summed E-state index contributed by atoms with van der Waals surface area (Å²) in [6.07, 6.45) is 1.70. The van der Waals surface area contributed by atoms with Crippen LogP contribution in [0.25, 0.3) is 11.3 Å². The van der Waals surface area contributed by atoms with Crippen LogP contribution in [0.5, 0.6) is 11.5 Å². The van der Waals surface area contributed by atoms with Crippen LogP contribution < -0.4 is 14.8 Å². The molecule has 0 saturated heterocycles. The second-order valence-electron chi connectivity index (χ2n) is 3.68. The van der Waals surface area contributed by atoms with Gasteiger partial charge in [0, 0.05) is 18.8 Å². The quantitative estimate of drug-likeness (QED) is 0.937. The molecule has 0 unspecified atom stereocenters. The van der Waals surface area contributed by atoms with Gasteiger partial charge < -0.3 is 14.8 Å².